The second-order valence-corrected chi connectivity index (χ2v) is 5.99. The highest BCUT2D eigenvalue weighted by Crippen LogP contribution is 2.37. The van der Waals surface area contributed by atoms with Crippen LogP contribution in [0.25, 0.3) is 0 Å². The molecule has 0 radical (unpaired) electrons. The van der Waals surface area contributed by atoms with Crippen LogP contribution in [-0.2, 0) is 4.74 Å². The Morgan fingerprint density at radius 3 is 2.35 bits per heavy atom. The number of benzene rings is 1. The summed E-state index contributed by atoms with van der Waals surface area (Å²) in [6, 6.07) is 8.93. The van der Waals surface area contributed by atoms with Crippen molar-refractivity contribution in [2.75, 3.05) is 6.61 Å². The van der Waals surface area contributed by atoms with Crippen molar-refractivity contribution >= 4 is 0 Å². The van der Waals surface area contributed by atoms with E-state index < -0.39 is 0 Å². The number of ether oxygens (including phenoxy) is 1. The molecule has 1 aromatic rings. The van der Waals surface area contributed by atoms with E-state index in [9.17, 15) is 0 Å². The van der Waals surface area contributed by atoms with Crippen LogP contribution in [0.4, 0.5) is 0 Å². The highest BCUT2D eigenvalue weighted by Gasteiger charge is 2.34. The van der Waals surface area contributed by atoms with E-state index in [0.717, 1.165) is 12.3 Å². The first-order valence-corrected chi connectivity index (χ1v) is 7.84. The molecule has 3 heteroatoms. The van der Waals surface area contributed by atoms with Crippen molar-refractivity contribution < 1.29 is 4.74 Å². The van der Waals surface area contributed by atoms with Crippen molar-refractivity contribution in [3.8, 4) is 0 Å². The number of hydrogen-bond acceptors (Lipinski definition) is 3. The molecule has 1 saturated carbocycles. The highest BCUT2D eigenvalue weighted by molar-refractivity contribution is 5.29. The van der Waals surface area contributed by atoms with Crippen LogP contribution in [0.1, 0.15) is 69.5 Å². The van der Waals surface area contributed by atoms with E-state index in [1.54, 1.807) is 0 Å². The third-order valence-corrected chi connectivity index (χ3v) is 4.80. The first kappa shape index (κ1) is 15.5. The zero-order valence-electron chi connectivity index (χ0n) is 13.0. The molecule has 2 unspecified atom stereocenters. The van der Waals surface area contributed by atoms with Crippen molar-refractivity contribution in [3.63, 3.8) is 0 Å². The molecule has 0 aromatic heterocycles. The van der Waals surface area contributed by atoms with Gasteiger partial charge in [0.1, 0.15) is 0 Å². The number of rotatable bonds is 7. The third kappa shape index (κ3) is 3.05. The molecule has 3 N–H and O–H groups in total. The van der Waals surface area contributed by atoms with Gasteiger partial charge in [-0.1, -0.05) is 37.6 Å². The zero-order valence-corrected chi connectivity index (χ0v) is 13.0. The molecule has 0 amide bonds. The molecular weight excluding hydrogens is 248 g/mol. The quantitative estimate of drug-likeness (QED) is 0.590. The topological polar surface area (TPSA) is 47.3 Å². The van der Waals surface area contributed by atoms with E-state index in [0.29, 0.717) is 6.61 Å². The molecule has 0 heterocycles. The first-order chi connectivity index (χ1) is 9.64. The van der Waals surface area contributed by atoms with Crippen LogP contribution >= 0.6 is 0 Å². The fraction of sp³-hybridized carbons (Fsp3) is 0.647. The van der Waals surface area contributed by atoms with Crippen LogP contribution < -0.4 is 11.3 Å². The number of hydrogen-bond donors (Lipinski definition) is 2. The van der Waals surface area contributed by atoms with Crippen LogP contribution in [0.2, 0.25) is 0 Å². The lowest BCUT2D eigenvalue weighted by Crippen LogP contribution is -2.46. The Hall–Kier alpha value is -0.900. The summed E-state index contributed by atoms with van der Waals surface area (Å²) in [4.78, 5) is 0. The van der Waals surface area contributed by atoms with E-state index in [2.05, 4.69) is 43.5 Å². The van der Waals surface area contributed by atoms with Crippen LogP contribution in [0.3, 0.4) is 0 Å². The molecule has 0 saturated heterocycles. The maximum atomic E-state index is 5.95. The van der Waals surface area contributed by atoms with Crippen LogP contribution in [0, 0.1) is 0 Å². The molecular formula is C17H28N2O. The zero-order chi connectivity index (χ0) is 14.6. The Bertz CT molecular complexity index is 414. The lowest BCUT2D eigenvalue weighted by molar-refractivity contribution is -0.0564. The lowest BCUT2D eigenvalue weighted by atomic mass is 9.79. The Labute approximate surface area is 122 Å². The van der Waals surface area contributed by atoms with Gasteiger partial charge in [-0.15, -0.1) is 0 Å². The molecule has 0 bridgehead atoms. The Kier molecular flexibility index (Phi) is 5.19. The molecule has 1 aromatic carbocycles. The fourth-order valence-corrected chi connectivity index (χ4v) is 3.05. The standard InChI is InChI=1S/C17H28N2O/c1-4-17(3,20-5-2)16(19-18)15-11-9-14(10-12-15)13-7-6-8-13/h9-13,16,19H,4-8,18H2,1-3H3. The Morgan fingerprint density at radius 1 is 1.30 bits per heavy atom. The summed E-state index contributed by atoms with van der Waals surface area (Å²) < 4.78 is 5.95. The van der Waals surface area contributed by atoms with Gasteiger partial charge in [0.25, 0.3) is 0 Å². The maximum Gasteiger partial charge on any atom is 0.0858 e. The summed E-state index contributed by atoms with van der Waals surface area (Å²) in [6.45, 7) is 6.99. The van der Waals surface area contributed by atoms with Crippen molar-refractivity contribution in [3.05, 3.63) is 35.4 Å². The smallest absolute Gasteiger partial charge is 0.0858 e. The number of nitrogens with one attached hydrogen (secondary N) is 1. The van der Waals surface area contributed by atoms with Crippen molar-refractivity contribution in [2.24, 2.45) is 5.84 Å². The minimum Gasteiger partial charge on any atom is -0.374 e. The molecule has 2 rings (SSSR count). The monoisotopic (exact) mass is 276 g/mol. The Balaban J connectivity index is 2.17. The van der Waals surface area contributed by atoms with Gasteiger partial charge >= 0.3 is 0 Å². The second-order valence-electron chi connectivity index (χ2n) is 5.99. The second kappa shape index (κ2) is 6.70. The molecule has 0 spiro atoms. The maximum absolute atomic E-state index is 5.95. The van der Waals surface area contributed by atoms with Gasteiger partial charge in [0, 0.05) is 6.61 Å². The largest absolute Gasteiger partial charge is 0.374 e. The summed E-state index contributed by atoms with van der Waals surface area (Å²) in [7, 11) is 0. The molecule has 2 atom stereocenters. The molecule has 20 heavy (non-hydrogen) atoms. The van der Waals surface area contributed by atoms with Gasteiger partial charge in [0.15, 0.2) is 0 Å². The van der Waals surface area contributed by atoms with E-state index in [1.165, 1.54) is 30.4 Å². The molecule has 0 aliphatic heterocycles. The van der Waals surface area contributed by atoms with Gasteiger partial charge < -0.3 is 4.74 Å². The summed E-state index contributed by atoms with van der Waals surface area (Å²) >= 11 is 0. The van der Waals surface area contributed by atoms with Crippen LogP contribution in [-0.4, -0.2) is 12.2 Å². The van der Waals surface area contributed by atoms with E-state index in [-0.39, 0.29) is 11.6 Å². The molecule has 1 aliphatic carbocycles. The summed E-state index contributed by atoms with van der Waals surface area (Å²) in [5.41, 5.74) is 5.34. The van der Waals surface area contributed by atoms with Crippen LogP contribution in [0.15, 0.2) is 24.3 Å². The lowest BCUT2D eigenvalue weighted by Gasteiger charge is -2.37. The summed E-state index contributed by atoms with van der Waals surface area (Å²) in [5, 5.41) is 0. The minimum absolute atomic E-state index is 0.0166. The van der Waals surface area contributed by atoms with Gasteiger partial charge in [-0.2, -0.15) is 0 Å². The average Bonchev–Trinajstić information content (AvgIpc) is 2.40. The molecule has 1 fully saturated rings. The summed E-state index contributed by atoms with van der Waals surface area (Å²) in [5.74, 6) is 6.58. The number of nitrogens with two attached hydrogens (primary N) is 1. The van der Waals surface area contributed by atoms with Gasteiger partial charge in [-0.3, -0.25) is 11.3 Å². The first-order valence-electron chi connectivity index (χ1n) is 7.84. The van der Waals surface area contributed by atoms with E-state index >= 15 is 0 Å². The fourth-order valence-electron chi connectivity index (χ4n) is 3.05. The molecule has 112 valence electrons. The van der Waals surface area contributed by atoms with Crippen molar-refractivity contribution in [2.45, 2.75) is 64.0 Å². The third-order valence-electron chi connectivity index (χ3n) is 4.80. The molecule has 3 nitrogen and oxygen atoms in total. The average molecular weight is 276 g/mol. The predicted molar refractivity (Wildman–Crippen MR) is 83.4 cm³/mol. The highest BCUT2D eigenvalue weighted by atomic mass is 16.5. The Morgan fingerprint density at radius 2 is 1.95 bits per heavy atom. The van der Waals surface area contributed by atoms with Gasteiger partial charge in [-0.25, -0.2) is 0 Å². The van der Waals surface area contributed by atoms with Gasteiger partial charge in [0.2, 0.25) is 0 Å². The number of hydrazine groups is 1. The van der Waals surface area contributed by atoms with E-state index in [4.69, 9.17) is 10.6 Å². The van der Waals surface area contributed by atoms with Gasteiger partial charge in [-0.05, 0) is 50.2 Å². The van der Waals surface area contributed by atoms with Crippen molar-refractivity contribution in [1.29, 1.82) is 0 Å². The normalized spacial score (nSPS) is 20.2. The minimum atomic E-state index is -0.276. The summed E-state index contributed by atoms with van der Waals surface area (Å²) in [6.07, 6.45) is 4.96. The van der Waals surface area contributed by atoms with Gasteiger partial charge in [0.05, 0.1) is 11.6 Å². The predicted octanol–water partition coefficient (Wildman–Crippen LogP) is 3.66. The SMILES string of the molecule is CCOC(C)(CC)C(NN)c1ccc(C2CCC2)cc1. The van der Waals surface area contributed by atoms with Crippen LogP contribution in [0.5, 0.6) is 0 Å². The van der Waals surface area contributed by atoms with E-state index in [1.807, 2.05) is 6.92 Å². The molecule has 1 aliphatic rings. The van der Waals surface area contributed by atoms with Crippen molar-refractivity contribution in [1.82, 2.24) is 5.43 Å².